The molecule has 1 N–H and O–H groups in total. The number of piperidine rings is 1. The highest BCUT2D eigenvalue weighted by molar-refractivity contribution is 6.30. The zero-order valence-electron chi connectivity index (χ0n) is 16.9. The summed E-state index contributed by atoms with van der Waals surface area (Å²) in [4.78, 5) is 19.4. The number of benzene rings is 2. The normalized spacial score (nSPS) is 16.6. The van der Waals surface area contributed by atoms with E-state index in [-0.39, 0.29) is 11.8 Å². The zero-order chi connectivity index (χ0) is 21.6. The van der Waals surface area contributed by atoms with Gasteiger partial charge in [-0.15, -0.1) is 0 Å². The minimum Gasteiger partial charge on any atom is -0.338 e. The van der Waals surface area contributed by atoms with Crippen LogP contribution in [0.25, 0.3) is 11.4 Å². The van der Waals surface area contributed by atoms with Crippen molar-refractivity contribution in [3.05, 3.63) is 65.0 Å². The second-order valence-corrected chi connectivity index (χ2v) is 8.05. The second kappa shape index (κ2) is 9.73. The van der Waals surface area contributed by atoms with E-state index in [0.29, 0.717) is 36.2 Å². The Morgan fingerprint density at radius 2 is 2.00 bits per heavy atom. The van der Waals surface area contributed by atoms with Gasteiger partial charge in [0.2, 0.25) is 17.6 Å². The number of carbonyl (C=O) groups is 1. The average Bonchev–Trinajstić information content (AvgIpc) is 3.24. The van der Waals surface area contributed by atoms with Crippen LogP contribution < -0.4 is 5.32 Å². The Balaban J connectivity index is 1.33. The Kier molecular flexibility index (Phi) is 6.60. The molecule has 3 aromatic rings. The average molecular weight is 436 g/mol. The number of carbonyl (C=O) groups excluding carboxylic acids is 1. The third-order valence-electron chi connectivity index (χ3n) is 5.31. The van der Waals surface area contributed by atoms with Crippen molar-refractivity contribution in [2.24, 2.45) is 5.92 Å². The summed E-state index contributed by atoms with van der Waals surface area (Å²) >= 11 is 5.93. The molecule has 4 rings (SSSR count). The zero-order valence-corrected chi connectivity index (χ0v) is 17.7. The first kappa shape index (κ1) is 21.0. The lowest BCUT2D eigenvalue weighted by molar-refractivity contribution is -0.121. The van der Waals surface area contributed by atoms with Crippen molar-refractivity contribution in [3.63, 3.8) is 0 Å². The lowest BCUT2D eigenvalue weighted by atomic mass is 9.97. The van der Waals surface area contributed by atoms with Crippen LogP contribution >= 0.6 is 11.6 Å². The standard InChI is InChI=1S/C23H22ClN5O2/c24-19-7-5-17(6-8-19)22-27-21(31-28-22)15-29-13-1-2-18(14-29)23(30)26-20-9-3-16(4-10-20)11-12-25/h3-10,18H,1-2,11,13-15H2,(H,26,30). The topological polar surface area (TPSA) is 95.1 Å². The summed E-state index contributed by atoms with van der Waals surface area (Å²) < 4.78 is 5.42. The SMILES string of the molecule is N#CCc1ccc(NC(=O)C2CCCN(Cc3nc(-c4ccc(Cl)cc4)no3)C2)cc1. The maximum absolute atomic E-state index is 12.7. The Bertz CT molecular complexity index is 1070. The van der Waals surface area contributed by atoms with E-state index in [0.717, 1.165) is 36.2 Å². The molecule has 0 aliphatic carbocycles. The van der Waals surface area contributed by atoms with E-state index in [9.17, 15) is 4.79 Å². The van der Waals surface area contributed by atoms with Crippen LogP contribution in [0.5, 0.6) is 0 Å². The maximum atomic E-state index is 12.7. The van der Waals surface area contributed by atoms with Crippen LogP contribution in [0.1, 0.15) is 24.3 Å². The van der Waals surface area contributed by atoms with Crippen molar-refractivity contribution in [3.8, 4) is 17.5 Å². The first-order valence-corrected chi connectivity index (χ1v) is 10.6. The van der Waals surface area contributed by atoms with E-state index in [1.54, 1.807) is 12.1 Å². The summed E-state index contributed by atoms with van der Waals surface area (Å²) in [5.74, 6) is 0.952. The highest BCUT2D eigenvalue weighted by atomic mass is 35.5. The largest absolute Gasteiger partial charge is 0.338 e. The van der Waals surface area contributed by atoms with Gasteiger partial charge in [-0.25, -0.2) is 0 Å². The van der Waals surface area contributed by atoms with Gasteiger partial charge in [-0.3, -0.25) is 9.69 Å². The lowest BCUT2D eigenvalue weighted by Gasteiger charge is -2.30. The first-order chi connectivity index (χ1) is 15.1. The fourth-order valence-electron chi connectivity index (χ4n) is 3.68. The third kappa shape index (κ3) is 5.48. The van der Waals surface area contributed by atoms with E-state index in [1.807, 2.05) is 36.4 Å². The number of aromatic nitrogens is 2. The van der Waals surface area contributed by atoms with Crippen molar-refractivity contribution in [2.45, 2.75) is 25.8 Å². The van der Waals surface area contributed by atoms with Gasteiger partial charge in [0.15, 0.2) is 0 Å². The molecule has 1 aliphatic heterocycles. The molecule has 2 aromatic carbocycles. The molecule has 1 fully saturated rings. The van der Waals surface area contributed by atoms with Gasteiger partial charge in [0.1, 0.15) is 0 Å². The van der Waals surface area contributed by atoms with Crippen LogP contribution in [0.3, 0.4) is 0 Å². The van der Waals surface area contributed by atoms with Gasteiger partial charge in [-0.1, -0.05) is 28.9 Å². The molecule has 31 heavy (non-hydrogen) atoms. The number of hydrogen-bond acceptors (Lipinski definition) is 6. The molecular formula is C23H22ClN5O2. The number of halogens is 1. The molecule has 8 heteroatoms. The number of amides is 1. The molecule has 1 aliphatic rings. The smallest absolute Gasteiger partial charge is 0.241 e. The molecule has 0 radical (unpaired) electrons. The van der Waals surface area contributed by atoms with Crippen molar-refractivity contribution in [2.75, 3.05) is 18.4 Å². The number of hydrogen-bond donors (Lipinski definition) is 1. The molecule has 0 saturated carbocycles. The van der Waals surface area contributed by atoms with E-state index >= 15 is 0 Å². The predicted molar refractivity (Wildman–Crippen MR) is 117 cm³/mol. The van der Waals surface area contributed by atoms with Gasteiger partial charge >= 0.3 is 0 Å². The minimum absolute atomic E-state index is 0.00474. The number of nitrogens with one attached hydrogen (secondary N) is 1. The molecule has 0 spiro atoms. The third-order valence-corrected chi connectivity index (χ3v) is 5.56. The van der Waals surface area contributed by atoms with Gasteiger partial charge in [-0.05, 0) is 61.3 Å². The highest BCUT2D eigenvalue weighted by Gasteiger charge is 2.27. The van der Waals surface area contributed by atoms with E-state index in [2.05, 4.69) is 26.4 Å². The molecule has 1 atom stereocenters. The summed E-state index contributed by atoms with van der Waals surface area (Å²) in [7, 11) is 0. The van der Waals surface area contributed by atoms with E-state index < -0.39 is 0 Å². The molecule has 2 heterocycles. The van der Waals surface area contributed by atoms with E-state index in [1.165, 1.54) is 0 Å². The number of anilines is 1. The molecule has 1 aromatic heterocycles. The summed E-state index contributed by atoms with van der Waals surface area (Å²) in [6, 6.07) is 16.8. The molecular weight excluding hydrogens is 414 g/mol. The molecule has 0 bridgehead atoms. The molecule has 1 saturated heterocycles. The number of rotatable bonds is 6. The molecule has 158 valence electrons. The van der Waals surface area contributed by atoms with Gasteiger partial charge in [0, 0.05) is 22.8 Å². The predicted octanol–water partition coefficient (Wildman–Crippen LogP) is 4.31. The van der Waals surface area contributed by atoms with Crippen LogP contribution in [-0.4, -0.2) is 34.0 Å². The molecule has 7 nitrogen and oxygen atoms in total. The van der Waals surface area contributed by atoms with Gasteiger partial charge in [0.25, 0.3) is 0 Å². The van der Waals surface area contributed by atoms with Gasteiger partial charge in [0.05, 0.1) is 25.0 Å². The highest BCUT2D eigenvalue weighted by Crippen LogP contribution is 2.22. The lowest BCUT2D eigenvalue weighted by Crippen LogP contribution is -2.40. The van der Waals surface area contributed by atoms with Crippen LogP contribution in [-0.2, 0) is 17.8 Å². The fourth-order valence-corrected chi connectivity index (χ4v) is 3.81. The molecule has 1 amide bonds. The number of nitrogens with zero attached hydrogens (tertiary/aromatic N) is 4. The van der Waals surface area contributed by atoms with Crippen molar-refractivity contribution >= 4 is 23.2 Å². The van der Waals surface area contributed by atoms with Crippen LogP contribution in [0.15, 0.2) is 53.1 Å². The fraction of sp³-hybridized carbons (Fsp3) is 0.304. The quantitative estimate of drug-likeness (QED) is 0.620. The summed E-state index contributed by atoms with van der Waals surface area (Å²) in [5, 5.41) is 16.5. The van der Waals surface area contributed by atoms with Gasteiger partial charge < -0.3 is 9.84 Å². The van der Waals surface area contributed by atoms with Crippen molar-refractivity contribution in [1.82, 2.24) is 15.0 Å². The first-order valence-electron chi connectivity index (χ1n) is 10.2. The Hall–Kier alpha value is -3.21. The van der Waals surface area contributed by atoms with Crippen LogP contribution in [0, 0.1) is 17.2 Å². The molecule has 1 unspecified atom stereocenters. The van der Waals surface area contributed by atoms with Crippen molar-refractivity contribution in [1.29, 1.82) is 5.26 Å². The summed E-state index contributed by atoms with van der Waals surface area (Å²) in [6.45, 7) is 2.02. The maximum Gasteiger partial charge on any atom is 0.241 e. The summed E-state index contributed by atoms with van der Waals surface area (Å²) in [5.41, 5.74) is 2.52. The number of nitriles is 1. The van der Waals surface area contributed by atoms with Crippen LogP contribution in [0.4, 0.5) is 5.69 Å². The Morgan fingerprint density at radius 3 is 2.74 bits per heavy atom. The van der Waals surface area contributed by atoms with Gasteiger partial charge in [-0.2, -0.15) is 10.2 Å². The second-order valence-electron chi connectivity index (χ2n) is 7.61. The summed E-state index contributed by atoms with van der Waals surface area (Å²) in [6.07, 6.45) is 2.13. The monoisotopic (exact) mass is 435 g/mol. The number of likely N-dealkylation sites (tertiary alicyclic amines) is 1. The Morgan fingerprint density at radius 1 is 1.23 bits per heavy atom. The Labute approximate surface area is 185 Å². The minimum atomic E-state index is -0.105. The van der Waals surface area contributed by atoms with E-state index in [4.69, 9.17) is 21.4 Å². The van der Waals surface area contributed by atoms with Crippen molar-refractivity contribution < 1.29 is 9.32 Å². The van der Waals surface area contributed by atoms with Crippen LogP contribution in [0.2, 0.25) is 5.02 Å².